The molecule has 214 valence electrons. The number of likely N-dealkylation sites (N-methyl/N-ethyl adjacent to an activating group) is 1. The molecule has 9 heteroatoms. The molecule has 0 aliphatic rings. The highest BCUT2D eigenvalue weighted by Gasteiger charge is 2.33. The zero-order chi connectivity index (χ0) is 29.4. The highest BCUT2D eigenvalue weighted by atomic mass is 32.2. The fourth-order valence-corrected chi connectivity index (χ4v) is 5.79. The van der Waals surface area contributed by atoms with Gasteiger partial charge < -0.3 is 15.0 Å². The number of benzene rings is 3. The molecule has 1 N–H and O–H groups in total. The van der Waals surface area contributed by atoms with Crippen LogP contribution in [0.4, 0.5) is 5.69 Å². The summed E-state index contributed by atoms with van der Waals surface area (Å²) in [6, 6.07) is 18.3. The number of methoxy groups -OCH3 is 1. The second kappa shape index (κ2) is 13.5. The quantitative estimate of drug-likeness (QED) is 0.342. The van der Waals surface area contributed by atoms with Gasteiger partial charge in [0.1, 0.15) is 18.3 Å². The van der Waals surface area contributed by atoms with Gasteiger partial charge in [0.2, 0.25) is 11.8 Å². The number of carbonyl (C=O) groups is 2. The lowest BCUT2D eigenvalue weighted by Crippen LogP contribution is -2.52. The van der Waals surface area contributed by atoms with Gasteiger partial charge in [0.25, 0.3) is 10.0 Å². The Bertz CT molecular complexity index is 1420. The van der Waals surface area contributed by atoms with Gasteiger partial charge in [0.05, 0.1) is 17.7 Å². The molecular formula is C31H39N3O5S. The van der Waals surface area contributed by atoms with E-state index in [-0.39, 0.29) is 17.3 Å². The summed E-state index contributed by atoms with van der Waals surface area (Å²) in [7, 11) is -2.53. The van der Waals surface area contributed by atoms with Crippen molar-refractivity contribution in [3.8, 4) is 5.75 Å². The van der Waals surface area contributed by atoms with Crippen LogP contribution in [0.2, 0.25) is 0 Å². The fourth-order valence-electron chi connectivity index (χ4n) is 4.39. The summed E-state index contributed by atoms with van der Waals surface area (Å²) in [5, 5.41) is 2.81. The van der Waals surface area contributed by atoms with E-state index in [1.165, 1.54) is 4.90 Å². The van der Waals surface area contributed by atoms with E-state index >= 15 is 0 Å². The van der Waals surface area contributed by atoms with Crippen molar-refractivity contribution in [2.45, 2.75) is 58.5 Å². The van der Waals surface area contributed by atoms with Crippen molar-refractivity contribution in [2.75, 3.05) is 24.5 Å². The smallest absolute Gasteiger partial charge is 0.264 e. The molecule has 0 saturated heterocycles. The van der Waals surface area contributed by atoms with Crippen molar-refractivity contribution in [3.63, 3.8) is 0 Å². The third-order valence-electron chi connectivity index (χ3n) is 6.92. The summed E-state index contributed by atoms with van der Waals surface area (Å²) in [6.07, 6.45) is 0.363. The Labute approximate surface area is 238 Å². The Morgan fingerprint density at radius 2 is 1.55 bits per heavy atom. The normalized spacial score (nSPS) is 11.9. The molecule has 0 aromatic heterocycles. The molecule has 2 amide bonds. The minimum absolute atomic E-state index is 0.0848. The zero-order valence-corrected chi connectivity index (χ0v) is 24.9. The fraction of sp³-hybridized carbons (Fsp3) is 0.355. The Morgan fingerprint density at radius 1 is 0.900 bits per heavy atom. The third-order valence-corrected chi connectivity index (χ3v) is 8.70. The van der Waals surface area contributed by atoms with Gasteiger partial charge in [0, 0.05) is 13.1 Å². The summed E-state index contributed by atoms with van der Waals surface area (Å²) in [5.74, 6) is -0.101. The van der Waals surface area contributed by atoms with E-state index < -0.39 is 28.5 Å². The molecule has 0 aliphatic carbocycles. The van der Waals surface area contributed by atoms with Gasteiger partial charge in [-0.05, 0) is 87.2 Å². The van der Waals surface area contributed by atoms with E-state index in [0.717, 1.165) is 26.6 Å². The highest BCUT2D eigenvalue weighted by molar-refractivity contribution is 7.92. The van der Waals surface area contributed by atoms with E-state index in [9.17, 15) is 18.0 Å². The number of rotatable bonds is 12. The largest absolute Gasteiger partial charge is 0.497 e. The molecular weight excluding hydrogens is 526 g/mol. The summed E-state index contributed by atoms with van der Waals surface area (Å²) in [5.41, 5.74) is 4.00. The number of nitrogens with zero attached hydrogens (tertiary/aromatic N) is 2. The molecule has 3 aromatic rings. The predicted molar refractivity (Wildman–Crippen MR) is 158 cm³/mol. The number of sulfonamides is 1. The standard InChI is InChI=1S/C31H39N3O5S/c1-7-29(31(36)32-8-2)33(20-25-12-15-27(39-6)16-13-25)30(35)21-34(26-14-11-23(4)24(5)19-26)40(37,38)28-17-9-22(3)10-18-28/h9-19,29H,7-8,20-21H2,1-6H3,(H,32,36). The predicted octanol–water partition coefficient (Wildman–Crippen LogP) is 4.76. The second-order valence-corrected chi connectivity index (χ2v) is 11.6. The number of aryl methyl sites for hydroxylation is 3. The lowest BCUT2D eigenvalue weighted by atomic mass is 10.1. The van der Waals surface area contributed by atoms with Crippen LogP contribution >= 0.6 is 0 Å². The van der Waals surface area contributed by atoms with Gasteiger partial charge in [-0.1, -0.05) is 42.8 Å². The van der Waals surface area contributed by atoms with Crippen LogP contribution in [0.3, 0.4) is 0 Å². The van der Waals surface area contributed by atoms with E-state index in [1.807, 2.05) is 52.8 Å². The molecule has 8 nitrogen and oxygen atoms in total. The summed E-state index contributed by atoms with van der Waals surface area (Å²) in [6.45, 7) is 9.44. The average molecular weight is 566 g/mol. The molecule has 40 heavy (non-hydrogen) atoms. The topological polar surface area (TPSA) is 96.0 Å². The van der Waals surface area contributed by atoms with Crippen LogP contribution in [-0.4, -0.2) is 51.4 Å². The Hall–Kier alpha value is -3.85. The summed E-state index contributed by atoms with van der Waals surface area (Å²) < 4.78 is 34.3. The van der Waals surface area contributed by atoms with Gasteiger partial charge >= 0.3 is 0 Å². The number of nitrogens with one attached hydrogen (secondary N) is 1. The maximum absolute atomic E-state index is 14.1. The molecule has 3 aromatic carbocycles. The number of carbonyl (C=O) groups excluding carboxylic acids is 2. The number of anilines is 1. The monoisotopic (exact) mass is 565 g/mol. The molecule has 0 saturated carbocycles. The van der Waals surface area contributed by atoms with Crippen LogP contribution in [0.5, 0.6) is 5.75 Å². The van der Waals surface area contributed by atoms with Gasteiger partial charge in [-0.15, -0.1) is 0 Å². The van der Waals surface area contributed by atoms with Gasteiger partial charge in [-0.25, -0.2) is 8.42 Å². The summed E-state index contributed by atoms with van der Waals surface area (Å²) >= 11 is 0. The van der Waals surface area contributed by atoms with Crippen molar-refractivity contribution >= 4 is 27.5 Å². The van der Waals surface area contributed by atoms with Crippen LogP contribution in [0, 0.1) is 20.8 Å². The van der Waals surface area contributed by atoms with E-state index in [4.69, 9.17) is 4.74 Å². The Morgan fingerprint density at radius 3 is 2.10 bits per heavy atom. The van der Waals surface area contributed by atoms with Crippen LogP contribution in [0.15, 0.2) is 71.6 Å². The molecule has 3 rings (SSSR count). The maximum Gasteiger partial charge on any atom is 0.264 e. The van der Waals surface area contributed by atoms with Gasteiger partial charge in [-0.3, -0.25) is 13.9 Å². The molecule has 0 radical (unpaired) electrons. The van der Waals surface area contributed by atoms with Crippen LogP contribution in [0.25, 0.3) is 0 Å². The number of amides is 2. The minimum Gasteiger partial charge on any atom is -0.497 e. The SMILES string of the molecule is CCNC(=O)C(CC)N(Cc1ccc(OC)cc1)C(=O)CN(c1ccc(C)c(C)c1)S(=O)(=O)c1ccc(C)cc1. The first-order chi connectivity index (χ1) is 19.0. The van der Waals surface area contributed by atoms with Gasteiger partial charge in [0.15, 0.2) is 0 Å². The lowest BCUT2D eigenvalue weighted by Gasteiger charge is -2.33. The molecule has 0 heterocycles. The third kappa shape index (κ3) is 7.21. The summed E-state index contributed by atoms with van der Waals surface area (Å²) in [4.78, 5) is 28.7. The zero-order valence-electron chi connectivity index (χ0n) is 24.1. The number of hydrogen-bond donors (Lipinski definition) is 1. The van der Waals surface area contributed by atoms with E-state index in [0.29, 0.717) is 24.4 Å². The second-order valence-electron chi connectivity index (χ2n) is 9.78. The van der Waals surface area contributed by atoms with Crippen LogP contribution in [-0.2, 0) is 26.2 Å². The molecule has 0 aliphatic heterocycles. The highest BCUT2D eigenvalue weighted by Crippen LogP contribution is 2.27. The van der Waals surface area contributed by atoms with Crippen molar-refractivity contribution in [3.05, 3.63) is 89.0 Å². The molecule has 0 bridgehead atoms. The maximum atomic E-state index is 14.1. The lowest BCUT2D eigenvalue weighted by molar-refractivity contribution is -0.140. The first-order valence-corrected chi connectivity index (χ1v) is 14.8. The average Bonchev–Trinajstić information content (AvgIpc) is 2.93. The Balaban J connectivity index is 2.07. The van der Waals surface area contributed by atoms with Crippen molar-refractivity contribution in [2.24, 2.45) is 0 Å². The molecule has 0 fully saturated rings. The Kier molecular flexibility index (Phi) is 10.3. The first-order valence-electron chi connectivity index (χ1n) is 13.4. The molecule has 0 spiro atoms. The minimum atomic E-state index is -4.11. The molecule has 1 unspecified atom stereocenters. The number of hydrogen-bond acceptors (Lipinski definition) is 5. The van der Waals surface area contributed by atoms with Crippen molar-refractivity contribution < 1.29 is 22.7 Å². The van der Waals surface area contributed by atoms with E-state index in [1.54, 1.807) is 55.6 Å². The number of ether oxygens (including phenoxy) is 1. The van der Waals surface area contributed by atoms with Crippen LogP contribution in [0.1, 0.15) is 42.5 Å². The molecule has 1 atom stereocenters. The van der Waals surface area contributed by atoms with E-state index in [2.05, 4.69) is 5.32 Å². The van der Waals surface area contributed by atoms with Crippen LogP contribution < -0.4 is 14.4 Å². The first kappa shape index (κ1) is 30.7. The van der Waals surface area contributed by atoms with Crippen molar-refractivity contribution in [1.82, 2.24) is 10.2 Å². The van der Waals surface area contributed by atoms with Crippen molar-refractivity contribution in [1.29, 1.82) is 0 Å². The van der Waals surface area contributed by atoms with Gasteiger partial charge in [-0.2, -0.15) is 0 Å².